The summed E-state index contributed by atoms with van der Waals surface area (Å²) in [5, 5.41) is 6.94. The maximum absolute atomic E-state index is 13.6. The first-order valence-corrected chi connectivity index (χ1v) is 11.0. The first-order valence-electron chi connectivity index (χ1n) is 10.7. The summed E-state index contributed by atoms with van der Waals surface area (Å²) in [7, 11) is 0. The minimum Gasteiger partial charge on any atom is -0.329 e. The first-order chi connectivity index (χ1) is 15.5. The van der Waals surface area contributed by atoms with Gasteiger partial charge >= 0.3 is 0 Å². The fourth-order valence-corrected chi connectivity index (χ4v) is 4.46. The molecule has 0 bridgehead atoms. The number of allylic oxidation sites excluding steroid dienone is 1. The summed E-state index contributed by atoms with van der Waals surface area (Å²) in [6.45, 7) is 4.05. The van der Waals surface area contributed by atoms with Crippen LogP contribution >= 0.6 is 11.6 Å². The highest BCUT2D eigenvalue weighted by Crippen LogP contribution is 2.39. The molecule has 1 atom stereocenters. The lowest BCUT2D eigenvalue weighted by Gasteiger charge is -2.31. The summed E-state index contributed by atoms with van der Waals surface area (Å²) < 4.78 is 2.11. The van der Waals surface area contributed by atoms with Gasteiger partial charge in [-0.15, -0.1) is 0 Å². The Morgan fingerprint density at radius 3 is 2.62 bits per heavy atom. The third-order valence-electron chi connectivity index (χ3n) is 5.86. The lowest BCUT2D eigenvalue weighted by atomic mass is 9.93. The van der Waals surface area contributed by atoms with Gasteiger partial charge in [0.25, 0.3) is 5.91 Å². The molecule has 6 heteroatoms. The van der Waals surface area contributed by atoms with Crippen LogP contribution in [0.5, 0.6) is 0 Å². The van der Waals surface area contributed by atoms with Crippen LogP contribution in [0.3, 0.4) is 0 Å². The highest BCUT2D eigenvalue weighted by atomic mass is 35.5. The molecule has 2 heterocycles. The Labute approximate surface area is 191 Å². The van der Waals surface area contributed by atoms with Gasteiger partial charge in [0.05, 0.1) is 22.6 Å². The van der Waals surface area contributed by atoms with E-state index < -0.39 is 0 Å². The number of halogens is 1. The number of anilines is 2. The molecule has 2 N–H and O–H groups in total. The Morgan fingerprint density at radius 2 is 1.88 bits per heavy atom. The number of para-hydroxylation sites is 2. The van der Waals surface area contributed by atoms with E-state index in [2.05, 4.69) is 46.4 Å². The number of benzene rings is 3. The molecule has 3 aromatic carbocycles. The van der Waals surface area contributed by atoms with Crippen molar-refractivity contribution in [3.05, 3.63) is 100 Å². The molecule has 160 valence electrons. The van der Waals surface area contributed by atoms with Crippen LogP contribution in [0, 0.1) is 0 Å². The molecule has 5 rings (SSSR count). The quantitative estimate of drug-likeness (QED) is 0.396. The summed E-state index contributed by atoms with van der Waals surface area (Å²) in [6, 6.07) is 23.3. The van der Waals surface area contributed by atoms with Gasteiger partial charge in [0.15, 0.2) is 0 Å². The molecule has 1 aliphatic heterocycles. The van der Waals surface area contributed by atoms with Gasteiger partial charge in [-0.25, -0.2) is 4.98 Å². The second-order valence-corrected chi connectivity index (χ2v) is 8.36. The number of nitrogens with zero attached hydrogens (tertiary/aromatic N) is 2. The highest BCUT2D eigenvalue weighted by molar-refractivity contribution is 6.31. The molecule has 0 aliphatic carbocycles. The van der Waals surface area contributed by atoms with E-state index in [9.17, 15) is 4.79 Å². The number of rotatable bonds is 4. The zero-order chi connectivity index (χ0) is 22.2. The monoisotopic (exact) mass is 442 g/mol. The Morgan fingerprint density at radius 1 is 1.09 bits per heavy atom. The van der Waals surface area contributed by atoms with Crippen LogP contribution in [0.1, 0.15) is 31.0 Å². The Hall–Kier alpha value is -3.57. The zero-order valence-electron chi connectivity index (χ0n) is 17.9. The normalized spacial score (nSPS) is 15.4. The van der Waals surface area contributed by atoms with Crippen molar-refractivity contribution in [1.82, 2.24) is 9.55 Å². The predicted molar refractivity (Wildman–Crippen MR) is 130 cm³/mol. The number of carbonyl (C=O) groups excluding carboxylic acids is 1. The number of nitrogens with one attached hydrogen (secondary N) is 2. The van der Waals surface area contributed by atoms with Crippen LogP contribution in [-0.4, -0.2) is 15.5 Å². The summed E-state index contributed by atoms with van der Waals surface area (Å²) >= 11 is 6.13. The summed E-state index contributed by atoms with van der Waals surface area (Å²) in [4.78, 5) is 18.3. The first kappa shape index (κ1) is 20.3. The number of imidazole rings is 1. The van der Waals surface area contributed by atoms with Crippen molar-refractivity contribution in [2.45, 2.75) is 26.3 Å². The van der Waals surface area contributed by atoms with Gasteiger partial charge in [0.1, 0.15) is 0 Å². The molecule has 0 saturated carbocycles. The van der Waals surface area contributed by atoms with Crippen molar-refractivity contribution in [2.24, 2.45) is 0 Å². The van der Waals surface area contributed by atoms with E-state index in [1.807, 2.05) is 43.3 Å². The smallest absolute Gasteiger partial charge is 0.255 e. The average Bonchev–Trinajstić information content (AvgIpc) is 3.16. The van der Waals surface area contributed by atoms with Gasteiger partial charge in [-0.2, -0.15) is 0 Å². The van der Waals surface area contributed by atoms with E-state index in [1.165, 1.54) is 5.56 Å². The fraction of sp³-hybridized carbons (Fsp3) is 0.154. The fourth-order valence-electron chi connectivity index (χ4n) is 4.27. The van der Waals surface area contributed by atoms with E-state index in [-0.39, 0.29) is 11.9 Å². The maximum Gasteiger partial charge on any atom is 0.255 e. The van der Waals surface area contributed by atoms with Crippen molar-refractivity contribution in [2.75, 3.05) is 10.6 Å². The van der Waals surface area contributed by atoms with Gasteiger partial charge in [-0.3, -0.25) is 9.36 Å². The number of amides is 1. The van der Waals surface area contributed by atoms with Crippen LogP contribution in [0.25, 0.3) is 11.0 Å². The molecule has 32 heavy (non-hydrogen) atoms. The van der Waals surface area contributed by atoms with Crippen molar-refractivity contribution < 1.29 is 4.79 Å². The molecule has 0 radical (unpaired) electrons. The number of hydrogen-bond acceptors (Lipinski definition) is 3. The molecule has 4 aromatic rings. The minimum atomic E-state index is -0.316. The number of aryl methyl sites for hydroxylation is 1. The van der Waals surface area contributed by atoms with Crippen LogP contribution in [0.2, 0.25) is 5.02 Å². The van der Waals surface area contributed by atoms with Crippen LogP contribution < -0.4 is 10.6 Å². The third kappa shape index (κ3) is 3.55. The zero-order valence-corrected chi connectivity index (χ0v) is 18.6. The molecule has 0 saturated heterocycles. The Balaban J connectivity index is 1.65. The second-order valence-electron chi connectivity index (χ2n) is 7.92. The van der Waals surface area contributed by atoms with E-state index in [4.69, 9.17) is 16.6 Å². The summed E-state index contributed by atoms with van der Waals surface area (Å²) in [5.41, 5.74) is 6.22. The predicted octanol–water partition coefficient (Wildman–Crippen LogP) is 6.18. The van der Waals surface area contributed by atoms with Gasteiger partial charge < -0.3 is 10.6 Å². The standard InChI is InChI=1S/C26H23ClN4O/c1-3-17-11-13-18(14-12-17)24-23(25(32)29-20-8-6-7-19(27)15-20)16(2)28-26-30-21-9-4-5-10-22(21)31(24)26/h4-15,24H,3H2,1-2H3,(H,28,30)(H,29,32). The summed E-state index contributed by atoms with van der Waals surface area (Å²) in [5.74, 6) is 0.554. The molecular weight excluding hydrogens is 420 g/mol. The molecule has 5 nitrogen and oxygen atoms in total. The van der Waals surface area contributed by atoms with Gasteiger partial charge in [0, 0.05) is 16.4 Å². The van der Waals surface area contributed by atoms with Crippen molar-refractivity contribution in [1.29, 1.82) is 0 Å². The average molecular weight is 443 g/mol. The summed E-state index contributed by atoms with van der Waals surface area (Å²) in [6.07, 6.45) is 0.961. The van der Waals surface area contributed by atoms with Gasteiger partial charge in [0.2, 0.25) is 5.95 Å². The maximum atomic E-state index is 13.6. The lowest BCUT2D eigenvalue weighted by Crippen LogP contribution is -2.30. The van der Waals surface area contributed by atoms with Crippen LogP contribution in [0.4, 0.5) is 11.6 Å². The van der Waals surface area contributed by atoms with Crippen molar-refractivity contribution in [3.8, 4) is 0 Å². The van der Waals surface area contributed by atoms with E-state index in [0.29, 0.717) is 16.3 Å². The third-order valence-corrected chi connectivity index (χ3v) is 6.10. The molecule has 1 unspecified atom stereocenters. The Bertz CT molecular complexity index is 1350. The number of fused-ring (bicyclic) bond motifs is 3. The van der Waals surface area contributed by atoms with Crippen LogP contribution in [0.15, 0.2) is 84.1 Å². The van der Waals surface area contributed by atoms with E-state index >= 15 is 0 Å². The SMILES string of the molecule is CCc1ccc(C2C(C(=O)Nc3cccc(Cl)c3)=C(C)Nc3nc4ccccc4n32)cc1. The topological polar surface area (TPSA) is 59.0 Å². The molecular formula is C26H23ClN4O. The molecule has 1 amide bonds. The molecule has 0 spiro atoms. The van der Waals surface area contributed by atoms with E-state index in [0.717, 1.165) is 34.7 Å². The molecule has 1 aliphatic rings. The number of aromatic nitrogens is 2. The minimum absolute atomic E-state index is 0.176. The van der Waals surface area contributed by atoms with Crippen molar-refractivity contribution in [3.63, 3.8) is 0 Å². The lowest BCUT2D eigenvalue weighted by molar-refractivity contribution is -0.113. The van der Waals surface area contributed by atoms with Crippen molar-refractivity contribution >= 4 is 40.2 Å². The van der Waals surface area contributed by atoms with E-state index in [1.54, 1.807) is 12.1 Å². The second kappa shape index (κ2) is 8.17. The highest BCUT2D eigenvalue weighted by Gasteiger charge is 2.34. The largest absolute Gasteiger partial charge is 0.329 e. The molecule has 1 aromatic heterocycles. The number of hydrogen-bond donors (Lipinski definition) is 2. The number of carbonyl (C=O) groups is 1. The van der Waals surface area contributed by atoms with Gasteiger partial charge in [-0.05, 0) is 54.8 Å². The van der Waals surface area contributed by atoms with Gasteiger partial charge in [-0.1, -0.05) is 61.0 Å². The Kier molecular flexibility index (Phi) is 5.19. The molecule has 0 fully saturated rings. The van der Waals surface area contributed by atoms with Crippen LogP contribution in [-0.2, 0) is 11.2 Å².